The topological polar surface area (TPSA) is 59.2 Å². The highest BCUT2D eigenvalue weighted by atomic mass is 35.5. The Kier molecular flexibility index (Phi) is 5.67. The molecule has 1 fully saturated rings. The lowest BCUT2D eigenvalue weighted by molar-refractivity contribution is 0.0696. The van der Waals surface area contributed by atoms with Crippen molar-refractivity contribution in [1.29, 1.82) is 0 Å². The molecule has 29 heavy (non-hydrogen) atoms. The number of amides is 1. The molecule has 1 unspecified atom stereocenters. The van der Waals surface area contributed by atoms with Gasteiger partial charge < -0.3 is 9.42 Å². The van der Waals surface area contributed by atoms with Crippen molar-refractivity contribution in [3.05, 3.63) is 70.6 Å². The van der Waals surface area contributed by atoms with Crippen LogP contribution in [0.4, 0.5) is 0 Å². The minimum absolute atomic E-state index is 0.0337. The molecule has 0 spiro atoms. The zero-order valence-corrected chi connectivity index (χ0v) is 17.4. The fraction of sp³-hybridized carbons (Fsp3) is 0.348. The van der Waals surface area contributed by atoms with E-state index in [9.17, 15) is 4.79 Å². The molecule has 4 rings (SSSR count). The standard InChI is InChI=1S/C23H24ClN3O2/c1-15(2)16-9-11-17(12-10-16)21-25-22(29-26-21)18-6-5-13-27(14-18)23(28)19-7-3-4-8-20(19)24/h3-4,7-12,15,18H,5-6,13-14H2,1-2H3. The third kappa shape index (κ3) is 4.20. The predicted octanol–water partition coefficient (Wildman–Crippen LogP) is 5.53. The summed E-state index contributed by atoms with van der Waals surface area (Å²) in [6, 6.07) is 15.4. The number of hydrogen-bond acceptors (Lipinski definition) is 4. The van der Waals surface area contributed by atoms with Gasteiger partial charge in [0.15, 0.2) is 0 Å². The Morgan fingerprint density at radius 2 is 1.93 bits per heavy atom. The van der Waals surface area contributed by atoms with Crippen LogP contribution in [0.1, 0.15) is 60.3 Å². The molecule has 6 heteroatoms. The first-order valence-electron chi connectivity index (χ1n) is 10.0. The van der Waals surface area contributed by atoms with E-state index in [1.54, 1.807) is 12.1 Å². The molecule has 1 amide bonds. The van der Waals surface area contributed by atoms with E-state index in [1.165, 1.54) is 5.56 Å². The zero-order valence-electron chi connectivity index (χ0n) is 16.6. The van der Waals surface area contributed by atoms with E-state index in [0.717, 1.165) is 18.4 Å². The van der Waals surface area contributed by atoms with Crippen LogP contribution in [0.15, 0.2) is 53.1 Å². The van der Waals surface area contributed by atoms with Crippen molar-refractivity contribution in [2.75, 3.05) is 13.1 Å². The maximum absolute atomic E-state index is 12.9. The van der Waals surface area contributed by atoms with E-state index in [1.807, 2.05) is 29.2 Å². The molecule has 150 valence electrons. The Morgan fingerprint density at radius 3 is 2.66 bits per heavy atom. The summed E-state index contributed by atoms with van der Waals surface area (Å²) in [5, 5.41) is 4.64. The van der Waals surface area contributed by atoms with Crippen molar-refractivity contribution in [3.8, 4) is 11.4 Å². The van der Waals surface area contributed by atoms with E-state index >= 15 is 0 Å². The minimum atomic E-state index is -0.0516. The number of halogens is 1. The molecule has 1 aliphatic heterocycles. The van der Waals surface area contributed by atoms with Crippen molar-refractivity contribution < 1.29 is 9.32 Å². The predicted molar refractivity (Wildman–Crippen MR) is 113 cm³/mol. The maximum atomic E-state index is 12.9. The average molecular weight is 410 g/mol. The molecular weight excluding hydrogens is 386 g/mol. The lowest BCUT2D eigenvalue weighted by atomic mass is 9.97. The molecule has 0 aliphatic carbocycles. The molecule has 5 nitrogen and oxygen atoms in total. The van der Waals surface area contributed by atoms with Gasteiger partial charge in [-0.05, 0) is 36.5 Å². The summed E-state index contributed by atoms with van der Waals surface area (Å²) in [5.41, 5.74) is 2.74. The number of carbonyl (C=O) groups excluding carboxylic acids is 1. The van der Waals surface area contributed by atoms with Crippen LogP contribution in [0.5, 0.6) is 0 Å². The lowest BCUT2D eigenvalue weighted by Gasteiger charge is -2.31. The van der Waals surface area contributed by atoms with Crippen LogP contribution in [0.2, 0.25) is 5.02 Å². The Bertz CT molecular complexity index is 997. The normalized spacial score (nSPS) is 17.0. The zero-order chi connectivity index (χ0) is 20.4. The van der Waals surface area contributed by atoms with Crippen LogP contribution >= 0.6 is 11.6 Å². The molecular formula is C23H24ClN3O2. The minimum Gasteiger partial charge on any atom is -0.339 e. The highest BCUT2D eigenvalue weighted by Gasteiger charge is 2.29. The maximum Gasteiger partial charge on any atom is 0.255 e. The van der Waals surface area contributed by atoms with Gasteiger partial charge in [-0.25, -0.2) is 0 Å². The van der Waals surface area contributed by atoms with Crippen molar-refractivity contribution in [1.82, 2.24) is 15.0 Å². The third-order valence-corrected chi connectivity index (χ3v) is 5.77. The molecule has 1 atom stereocenters. The summed E-state index contributed by atoms with van der Waals surface area (Å²) in [6.45, 7) is 5.59. The monoisotopic (exact) mass is 409 g/mol. The summed E-state index contributed by atoms with van der Waals surface area (Å²) in [4.78, 5) is 19.3. The quantitative estimate of drug-likeness (QED) is 0.568. The van der Waals surface area contributed by atoms with Crippen LogP contribution in [0, 0.1) is 0 Å². The van der Waals surface area contributed by atoms with Crippen molar-refractivity contribution in [3.63, 3.8) is 0 Å². The van der Waals surface area contributed by atoms with Crippen LogP contribution in [0.25, 0.3) is 11.4 Å². The van der Waals surface area contributed by atoms with Gasteiger partial charge in [-0.2, -0.15) is 4.98 Å². The molecule has 1 aromatic heterocycles. The highest BCUT2D eigenvalue weighted by molar-refractivity contribution is 6.33. The summed E-state index contributed by atoms with van der Waals surface area (Å²) in [6.07, 6.45) is 1.81. The number of aromatic nitrogens is 2. The average Bonchev–Trinajstić information content (AvgIpc) is 3.24. The number of nitrogens with zero attached hydrogens (tertiary/aromatic N) is 3. The van der Waals surface area contributed by atoms with Crippen molar-refractivity contribution in [2.45, 2.75) is 38.5 Å². The molecule has 1 aliphatic rings. The molecule has 2 heterocycles. The Balaban J connectivity index is 1.49. The summed E-state index contributed by atoms with van der Waals surface area (Å²) < 4.78 is 5.57. The van der Waals surface area contributed by atoms with Gasteiger partial charge in [0, 0.05) is 18.7 Å². The first-order valence-corrected chi connectivity index (χ1v) is 10.4. The molecule has 0 radical (unpaired) electrons. The van der Waals surface area contributed by atoms with E-state index in [4.69, 9.17) is 16.1 Å². The first-order chi connectivity index (χ1) is 14.0. The summed E-state index contributed by atoms with van der Waals surface area (Å²) >= 11 is 6.21. The van der Waals surface area contributed by atoms with Crippen LogP contribution in [-0.4, -0.2) is 34.0 Å². The number of benzene rings is 2. The molecule has 2 aromatic carbocycles. The SMILES string of the molecule is CC(C)c1ccc(-c2noc(C3CCCN(C(=O)c4ccccc4Cl)C3)n2)cc1. The van der Waals surface area contributed by atoms with Crippen molar-refractivity contribution in [2.24, 2.45) is 0 Å². The lowest BCUT2D eigenvalue weighted by Crippen LogP contribution is -2.39. The molecule has 1 saturated heterocycles. The largest absolute Gasteiger partial charge is 0.339 e. The molecule has 3 aromatic rings. The van der Waals surface area contributed by atoms with Crippen LogP contribution in [0.3, 0.4) is 0 Å². The second-order valence-corrected chi connectivity index (χ2v) is 8.21. The first kappa shape index (κ1) is 19.6. The van der Waals surface area contributed by atoms with Gasteiger partial charge >= 0.3 is 0 Å². The van der Waals surface area contributed by atoms with E-state index in [0.29, 0.717) is 41.3 Å². The van der Waals surface area contributed by atoms with Gasteiger partial charge in [-0.3, -0.25) is 4.79 Å². The van der Waals surface area contributed by atoms with Gasteiger partial charge in [-0.15, -0.1) is 0 Å². The van der Waals surface area contributed by atoms with Gasteiger partial charge in [0.05, 0.1) is 16.5 Å². The summed E-state index contributed by atoms with van der Waals surface area (Å²) in [5.74, 6) is 1.64. The number of rotatable bonds is 4. The fourth-order valence-corrected chi connectivity index (χ4v) is 3.92. The molecule has 0 bridgehead atoms. The number of hydrogen-bond donors (Lipinski definition) is 0. The van der Waals surface area contributed by atoms with Gasteiger partial charge in [0.25, 0.3) is 5.91 Å². The number of piperidine rings is 1. The van der Waals surface area contributed by atoms with E-state index in [-0.39, 0.29) is 11.8 Å². The Hall–Kier alpha value is -2.66. The second-order valence-electron chi connectivity index (χ2n) is 7.80. The third-order valence-electron chi connectivity index (χ3n) is 5.44. The van der Waals surface area contributed by atoms with Crippen LogP contribution < -0.4 is 0 Å². The molecule has 0 N–H and O–H groups in total. The fourth-order valence-electron chi connectivity index (χ4n) is 3.70. The van der Waals surface area contributed by atoms with Crippen LogP contribution in [-0.2, 0) is 0 Å². The van der Waals surface area contributed by atoms with Gasteiger partial charge in [0.1, 0.15) is 0 Å². The smallest absolute Gasteiger partial charge is 0.255 e. The molecule has 0 saturated carbocycles. The Labute approximate surface area is 175 Å². The summed E-state index contributed by atoms with van der Waals surface area (Å²) in [7, 11) is 0. The highest BCUT2D eigenvalue weighted by Crippen LogP contribution is 2.29. The number of likely N-dealkylation sites (tertiary alicyclic amines) is 1. The second kappa shape index (κ2) is 8.37. The van der Waals surface area contributed by atoms with Gasteiger partial charge in [-0.1, -0.05) is 67.0 Å². The van der Waals surface area contributed by atoms with Crippen molar-refractivity contribution >= 4 is 17.5 Å². The number of carbonyl (C=O) groups is 1. The van der Waals surface area contributed by atoms with E-state index in [2.05, 4.69) is 36.1 Å². The van der Waals surface area contributed by atoms with E-state index < -0.39 is 0 Å². The van der Waals surface area contributed by atoms with Gasteiger partial charge in [0.2, 0.25) is 11.7 Å². The Morgan fingerprint density at radius 1 is 1.17 bits per heavy atom.